The molecule has 0 bridgehead atoms. The maximum atomic E-state index is 13.1. The van der Waals surface area contributed by atoms with Gasteiger partial charge < -0.3 is 20.4 Å². The molecule has 35 heavy (non-hydrogen) atoms. The van der Waals surface area contributed by atoms with E-state index < -0.39 is 5.41 Å². The molecule has 3 aliphatic heterocycles. The summed E-state index contributed by atoms with van der Waals surface area (Å²) in [5.74, 6) is -0.230. The van der Waals surface area contributed by atoms with Crippen molar-refractivity contribution in [2.24, 2.45) is 11.3 Å². The molecule has 4 amide bonds. The zero-order valence-corrected chi connectivity index (χ0v) is 20.7. The number of aromatic nitrogens is 2. The topological polar surface area (TPSA) is 125 Å². The van der Waals surface area contributed by atoms with Crippen molar-refractivity contribution in [3.05, 3.63) is 23.8 Å². The molecule has 0 unspecified atom stereocenters. The first-order chi connectivity index (χ1) is 16.8. The lowest BCUT2D eigenvalue weighted by Crippen LogP contribution is -2.55. The first kappa shape index (κ1) is 25.1. The molecule has 0 radical (unpaired) electrons. The highest BCUT2D eigenvalue weighted by Crippen LogP contribution is 2.38. The Kier molecular flexibility index (Phi) is 7.66. The molecule has 10 heteroatoms. The van der Waals surface area contributed by atoms with Crippen LogP contribution >= 0.6 is 0 Å². The second-order valence-corrected chi connectivity index (χ2v) is 10.2. The van der Waals surface area contributed by atoms with Crippen LogP contribution < -0.4 is 10.6 Å². The fourth-order valence-corrected chi connectivity index (χ4v) is 5.68. The highest BCUT2D eigenvalue weighted by atomic mass is 16.2. The van der Waals surface area contributed by atoms with Crippen molar-refractivity contribution in [2.45, 2.75) is 64.8 Å². The van der Waals surface area contributed by atoms with Gasteiger partial charge in [0.1, 0.15) is 5.69 Å². The Labute approximate surface area is 206 Å². The second kappa shape index (κ2) is 10.7. The fourth-order valence-electron chi connectivity index (χ4n) is 5.68. The number of piperidine rings is 2. The fraction of sp³-hybridized carbons (Fsp3) is 0.680. The van der Waals surface area contributed by atoms with E-state index in [9.17, 15) is 19.2 Å². The normalized spacial score (nSPS) is 25.5. The van der Waals surface area contributed by atoms with Gasteiger partial charge in [0.2, 0.25) is 17.7 Å². The summed E-state index contributed by atoms with van der Waals surface area (Å²) in [6, 6.07) is -0.0280. The number of nitrogens with zero attached hydrogens (tertiary/aromatic N) is 4. The molecule has 4 rings (SSSR count). The van der Waals surface area contributed by atoms with E-state index in [2.05, 4.69) is 20.6 Å². The SMILES string of the molecule is CC(=O)N1CCC2(CCCC[C@H]3CN(C(=O)c4cnc(C)cn4)CC[C@H]3NC(=O)CNC2=O)CC1. The van der Waals surface area contributed by atoms with Crippen LogP contribution in [0.15, 0.2) is 12.4 Å². The maximum Gasteiger partial charge on any atom is 0.274 e. The van der Waals surface area contributed by atoms with Gasteiger partial charge in [0.05, 0.1) is 23.9 Å². The Bertz CT molecular complexity index is 957. The van der Waals surface area contributed by atoms with Gasteiger partial charge in [-0.25, -0.2) is 4.98 Å². The highest BCUT2D eigenvalue weighted by Gasteiger charge is 2.42. The van der Waals surface area contributed by atoms with Gasteiger partial charge >= 0.3 is 0 Å². The number of hydrogen-bond acceptors (Lipinski definition) is 6. The number of carbonyl (C=O) groups is 4. The molecule has 0 aromatic carbocycles. The minimum absolute atomic E-state index is 0.0280. The lowest BCUT2D eigenvalue weighted by molar-refractivity contribution is -0.140. The van der Waals surface area contributed by atoms with E-state index >= 15 is 0 Å². The first-order valence-electron chi connectivity index (χ1n) is 12.7. The second-order valence-electron chi connectivity index (χ2n) is 10.2. The van der Waals surface area contributed by atoms with Gasteiger partial charge in [-0.1, -0.05) is 12.8 Å². The molecule has 1 aromatic rings. The minimum Gasteiger partial charge on any atom is -0.351 e. The molecular formula is C25H36N6O4. The van der Waals surface area contributed by atoms with E-state index in [-0.39, 0.29) is 42.1 Å². The van der Waals surface area contributed by atoms with Crippen LogP contribution in [0.4, 0.5) is 0 Å². The van der Waals surface area contributed by atoms with Crippen molar-refractivity contribution >= 4 is 23.6 Å². The van der Waals surface area contributed by atoms with Crippen molar-refractivity contribution in [3.63, 3.8) is 0 Å². The number of aryl methyl sites for hydroxylation is 1. The Morgan fingerprint density at radius 1 is 1.00 bits per heavy atom. The summed E-state index contributed by atoms with van der Waals surface area (Å²) < 4.78 is 0. The van der Waals surface area contributed by atoms with Gasteiger partial charge in [0.25, 0.3) is 5.91 Å². The van der Waals surface area contributed by atoms with Crippen LogP contribution in [0.2, 0.25) is 0 Å². The number of fused-ring (bicyclic) bond motifs is 1. The summed E-state index contributed by atoms with van der Waals surface area (Å²) in [5.41, 5.74) is 0.565. The summed E-state index contributed by atoms with van der Waals surface area (Å²) in [5, 5.41) is 5.97. The Morgan fingerprint density at radius 2 is 1.77 bits per heavy atom. The predicted molar refractivity (Wildman–Crippen MR) is 128 cm³/mol. The molecule has 2 N–H and O–H groups in total. The standard InChI is InChI=1S/C25H36N6O4/c1-17-13-27-21(14-26-17)23(34)31-10-6-20-19(16-31)5-3-4-7-25(24(35)28-15-22(33)29-20)8-11-30(12-9-25)18(2)32/h13-14,19-20H,3-12,15-16H2,1-2H3,(H,28,35)(H,29,33)/t19-,20+/m0/s1. The van der Waals surface area contributed by atoms with Gasteiger partial charge in [0, 0.05) is 45.3 Å². The summed E-state index contributed by atoms with van der Waals surface area (Å²) in [7, 11) is 0. The van der Waals surface area contributed by atoms with Crippen molar-refractivity contribution in [1.82, 2.24) is 30.4 Å². The lowest BCUT2D eigenvalue weighted by atomic mass is 9.73. The van der Waals surface area contributed by atoms with Crippen molar-refractivity contribution in [2.75, 3.05) is 32.7 Å². The largest absolute Gasteiger partial charge is 0.351 e. The lowest BCUT2D eigenvalue weighted by Gasteiger charge is -2.42. The average Bonchev–Trinajstić information content (AvgIpc) is 2.85. The highest BCUT2D eigenvalue weighted by molar-refractivity contribution is 5.92. The van der Waals surface area contributed by atoms with Crippen LogP contribution in [0.5, 0.6) is 0 Å². The Balaban J connectivity index is 1.42. The number of carbonyl (C=O) groups excluding carboxylic acids is 4. The molecular weight excluding hydrogens is 448 g/mol. The van der Waals surface area contributed by atoms with Gasteiger partial charge in [-0.3, -0.25) is 24.2 Å². The molecule has 3 saturated heterocycles. The van der Waals surface area contributed by atoms with Crippen LogP contribution in [0.25, 0.3) is 0 Å². The van der Waals surface area contributed by atoms with Crippen LogP contribution in [0.1, 0.15) is 68.1 Å². The maximum absolute atomic E-state index is 13.1. The zero-order chi connectivity index (χ0) is 25.0. The molecule has 0 saturated carbocycles. The minimum atomic E-state index is -0.538. The van der Waals surface area contributed by atoms with Crippen LogP contribution in [0, 0.1) is 18.3 Å². The molecule has 190 valence electrons. The third-order valence-electron chi connectivity index (χ3n) is 7.90. The van der Waals surface area contributed by atoms with E-state index in [1.54, 1.807) is 18.0 Å². The van der Waals surface area contributed by atoms with Crippen molar-refractivity contribution in [3.8, 4) is 0 Å². The summed E-state index contributed by atoms with van der Waals surface area (Å²) in [4.78, 5) is 62.6. The van der Waals surface area contributed by atoms with Crippen molar-refractivity contribution in [1.29, 1.82) is 0 Å². The summed E-state index contributed by atoms with van der Waals surface area (Å²) in [6.45, 7) is 5.57. The van der Waals surface area contributed by atoms with Crippen LogP contribution in [0.3, 0.4) is 0 Å². The molecule has 1 spiro atoms. The zero-order valence-electron chi connectivity index (χ0n) is 20.7. The van der Waals surface area contributed by atoms with Gasteiger partial charge in [-0.2, -0.15) is 0 Å². The van der Waals surface area contributed by atoms with Gasteiger partial charge in [-0.05, 0) is 44.9 Å². The molecule has 10 nitrogen and oxygen atoms in total. The molecule has 3 fully saturated rings. The van der Waals surface area contributed by atoms with Crippen LogP contribution in [-0.2, 0) is 14.4 Å². The Hall–Kier alpha value is -3.04. The summed E-state index contributed by atoms with van der Waals surface area (Å²) in [6.07, 6.45) is 8.43. The molecule has 2 atom stereocenters. The third kappa shape index (κ3) is 5.79. The predicted octanol–water partition coefficient (Wildman–Crippen LogP) is 1.05. The van der Waals surface area contributed by atoms with Crippen molar-refractivity contribution < 1.29 is 19.2 Å². The molecule has 3 aliphatic rings. The Morgan fingerprint density at radius 3 is 2.46 bits per heavy atom. The van der Waals surface area contributed by atoms with E-state index in [0.29, 0.717) is 51.1 Å². The number of hydrogen-bond donors (Lipinski definition) is 2. The van der Waals surface area contributed by atoms with Crippen LogP contribution in [-0.4, -0.2) is 82.2 Å². The number of nitrogens with one attached hydrogen (secondary N) is 2. The first-order valence-corrected chi connectivity index (χ1v) is 12.7. The summed E-state index contributed by atoms with van der Waals surface area (Å²) >= 11 is 0. The van der Waals surface area contributed by atoms with E-state index in [1.165, 1.54) is 6.20 Å². The number of rotatable bonds is 1. The molecule has 0 aliphatic carbocycles. The quantitative estimate of drug-likeness (QED) is 0.614. The number of likely N-dealkylation sites (tertiary alicyclic amines) is 2. The third-order valence-corrected chi connectivity index (χ3v) is 7.90. The molecule has 4 heterocycles. The van der Waals surface area contributed by atoms with E-state index in [0.717, 1.165) is 31.4 Å². The van der Waals surface area contributed by atoms with E-state index in [1.807, 2.05) is 11.8 Å². The average molecular weight is 485 g/mol. The van der Waals surface area contributed by atoms with Gasteiger partial charge in [0.15, 0.2) is 0 Å². The monoisotopic (exact) mass is 484 g/mol. The smallest absolute Gasteiger partial charge is 0.274 e. The van der Waals surface area contributed by atoms with Gasteiger partial charge in [-0.15, -0.1) is 0 Å². The number of amides is 4. The molecule has 1 aromatic heterocycles. The van der Waals surface area contributed by atoms with E-state index in [4.69, 9.17) is 0 Å².